The molecule has 0 radical (unpaired) electrons. The molecule has 2 N–H and O–H groups in total. The van der Waals surface area contributed by atoms with Crippen molar-refractivity contribution in [3.8, 4) is 0 Å². The number of urea groups is 1. The van der Waals surface area contributed by atoms with Crippen LogP contribution >= 0.6 is 15.9 Å². The second-order valence-corrected chi connectivity index (χ2v) is 6.19. The number of aryl methyl sites for hydroxylation is 1. The van der Waals surface area contributed by atoms with Gasteiger partial charge in [-0.15, -0.1) is 0 Å². The molecular weight excluding hydrogens is 334 g/mol. The Morgan fingerprint density at radius 1 is 1.38 bits per heavy atom. The number of carbonyl (C=O) groups is 2. The standard InChI is InChI=1S/C15H20BrN3O2/c1-10-9-12(16)3-6-14(10)19(11(2)20)8-7-17-15(21)18-13-4-5-13/h3,6,9,13H,4-5,7-8H2,1-2H3,(H2,17,18,21). The predicted octanol–water partition coefficient (Wildman–Crippen LogP) is 2.57. The van der Waals surface area contributed by atoms with Gasteiger partial charge in [-0.2, -0.15) is 0 Å². The van der Waals surface area contributed by atoms with Gasteiger partial charge in [0.1, 0.15) is 0 Å². The van der Waals surface area contributed by atoms with Gasteiger partial charge in [-0.25, -0.2) is 4.79 Å². The highest BCUT2D eigenvalue weighted by atomic mass is 79.9. The van der Waals surface area contributed by atoms with Crippen molar-refractivity contribution >= 4 is 33.6 Å². The van der Waals surface area contributed by atoms with Gasteiger partial charge in [0, 0.05) is 36.2 Å². The van der Waals surface area contributed by atoms with Crippen LogP contribution in [0.25, 0.3) is 0 Å². The Morgan fingerprint density at radius 3 is 2.67 bits per heavy atom. The Hall–Kier alpha value is -1.56. The summed E-state index contributed by atoms with van der Waals surface area (Å²) in [4.78, 5) is 25.1. The second kappa shape index (κ2) is 6.93. The molecule has 3 amide bonds. The van der Waals surface area contributed by atoms with E-state index in [0.717, 1.165) is 28.6 Å². The maximum Gasteiger partial charge on any atom is 0.315 e. The minimum absolute atomic E-state index is 0.0372. The fourth-order valence-electron chi connectivity index (χ4n) is 2.11. The summed E-state index contributed by atoms with van der Waals surface area (Å²) in [5.74, 6) is -0.0372. The number of anilines is 1. The van der Waals surface area contributed by atoms with E-state index >= 15 is 0 Å². The largest absolute Gasteiger partial charge is 0.336 e. The Balaban J connectivity index is 1.92. The van der Waals surface area contributed by atoms with E-state index in [0.29, 0.717) is 19.1 Å². The van der Waals surface area contributed by atoms with Crippen LogP contribution in [0.3, 0.4) is 0 Å². The molecule has 5 nitrogen and oxygen atoms in total. The third-order valence-corrected chi connectivity index (χ3v) is 3.86. The van der Waals surface area contributed by atoms with E-state index in [9.17, 15) is 9.59 Å². The van der Waals surface area contributed by atoms with Crippen LogP contribution in [-0.2, 0) is 4.79 Å². The molecule has 0 aromatic heterocycles. The van der Waals surface area contributed by atoms with Crippen molar-refractivity contribution in [2.45, 2.75) is 32.7 Å². The Kier molecular flexibility index (Phi) is 5.22. The number of nitrogens with one attached hydrogen (secondary N) is 2. The summed E-state index contributed by atoms with van der Waals surface area (Å²) in [6, 6.07) is 5.96. The highest BCUT2D eigenvalue weighted by molar-refractivity contribution is 9.10. The summed E-state index contributed by atoms with van der Waals surface area (Å²) in [5.41, 5.74) is 1.89. The van der Waals surface area contributed by atoms with E-state index < -0.39 is 0 Å². The Morgan fingerprint density at radius 2 is 2.10 bits per heavy atom. The minimum Gasteiger partial charge on any atom is -0.336 e. The second-order valence-electron chi connectivity index (χ2n) is 5.28. The van der Waals surface area contributed by atoms with Gasteiger partial charge in [-0.1, -0.05) is 15.9 Å². The van der Waals surface area contributed by atoms with Crippen LogP contribution in [-0.4, -0.2) is 31.1 Å². The van der Waals surface area contributed by atoms with Crippen LogP contribution in [0.1, 0.15) is 25.3 Å². The maximum absolute atomic E-state index is 11.8. The van der Waals surface area contributed by atoms with E-state index in [1.54, 1.807) is 4.90 Å². The van der Waals surface area contributed by atoms with Gasteiger partial charge >= 0.3 is 6.03 Å². The third-order valence-electron chi connectivity index (χ3n) is 3.36. The highest BCUT2D eigenvalue weighted by Gasteiger charge is 2.23. The van der Waals surface area contributed by atoms with Crippen molar-refractivity contribution in [2.75, 3.05) is 18.0 Å². The van der Waals surface area contributed by atoms with Crippen molar-refractivity contribution < 1.29 is 9.59 Å². The van der Waals surface area contributed by atoms with Gasteiger partial charge in [-0.3, -0.25) is 4.79 Å². The zero-order valence-electron chi connectivity index (χ0n) is 12.3. The molecule has 114 valence electrons. The molecule has 1 aromatic carbocycles. The van der Waals surface area contributed by atoms with Crippen LogP contribution < -0.4 is 15.5 Å². The zero-order chi connectivity index (χ0) is 15.4. The number of hydrogen-bond acceptors (Lipinski definition) is 2. The van der Waals surface area contributed by atoms with Crippen molar-refractivity contribution in [2.24, 2.45) is 0 Å². The lowest BCUT2D eigenvalue weighted by atomic mass is 10.2. The predicted molar refractivity (Wildman–Crippen MR) is 86.5 cm³/mol. The normalized spacial score (nSPS) is 13.7. The fourth-order valence-corrected chi connectivity index (χ4v) is 2.59. The first kappa shape index (κ1) is 15.8. The summed E-state index contributed by atoms with van der Waals surface area (Å²) < 4.78 is 0.981. The van der Waals surface area contributed by atoms with E-state index in [1.165, 1.54) is 6.92 Å². The number of carbonyl (C=O) groups excluding carboxylic acids is 2. The van der Waals surface area contributed by atoms with Crippen molar-refractivity contribution in [3.05, 3.63) is 28.2 Å². The van der Waals surface area contributed by atoms with Crippen LogP contribution in [0.15, 0.2) is 22.7 Å². The average molecular weight is 354 g/mol. The molecule has 6 heteroatoms. The number of benzene rings is 1. The number of halogens is 1. The van der Waals surface area contributed by atoms with E-state index in [4.69, 9.17) is 0 Å². The molecule has 1 aliphatic carbocycles. The van der Waals surface area contributed by atoms with Gasteiger partial charge in [0.2, 0.25) is 5.91 Å². The summed E-state index contributed by atoms with van der Waals surface area (Å²) >= 11 is 3.41. The lowest BCUT2D eigenvalue weighted by Gasteiger charge is -2.23. The molecule has 21 heavy (non-hydrogen) atoms. The lowest BCUT2D eigenvalue weighted by molar-refractivity contribution is -0.116. The van der Waals surface area contributed by atoms with Crippen molar-refractivity contribution in [1.82, 2.24) is 10.6 Å². The molecule has 2 rings (SSSR count). The van der Waals surface area contributed by atoms with Crippen LogP contribution in [0.2, 0.25) is 0 Å². The van der Waals surface area contributed by atoms with Gasteiger partial charge in [0.25, 0.3) is 0 Å². The molecule has 0 bridgehead atoms. The minimum atomic E-state index is -0.159. The van der Waals surface area contributed by atoms with Gasteiger partial charge < -0.3 is 15.5 Å². The van der Waals surface area contributed by atoms with Crippen LogP contribution in [0.4, 0.5) is 10.5 Å². The number of nitrogens with zero attached hydrogens (tertiary/aromatic N) is 1. The summed E-state index contributed by atoms with van der Waals surface area (Å²) in [7, 11) is 0. The zero-order valence-corrected chi connectivity index (χ0v) is 13.9. The molecule has 1 aliphatic rings. The Labute approximate surface area is 133 Å². The number of rotatable bonds is 5. The van der Waals surface area contributed by atoms with E-state index in [2.05, 4.69) is 26.6 Å². The third kappa shape index (κ3) is 4.74. The van der Waals surface area contributed by atoms with Gasteiger partial charge in [-0.05, 0) is 43.5 Å². The molecule has 1 saturated carbocycles. The first-order valence-corrected chi connectivity index (χ1v) is 7.85. The van der Waals surface area contributed by atoms with Crippen molar-refractivity contribution in [1.29, 1.82) is 0 Å². The summed E-state index contributed by atoms with van der Waals surface area (Å²) in [6.45, 7) is 4.37. The first-order chi connectivity index (χ1) is 9.97. The molecular formula is C15H20BrN3O2. The summed E-state index contributed by atoms with van der Waals surface area (Å²) in [5, 5.41) is 5.64. The van der Waals surface area contributed by atoms with Crippen LogP contribution in [0, 0.1) is 6.92 Å². The first-order valence-electron chi connectivity index (χ1n) is 7.06. The monoisotopic (exact) mass is 353 g/mol. The SMILES string of the molecule is CC(=O)N(CCNC(=O)NC1CC1)c1ccc(Br)cc1C. The number of amides is 3. The van der Waals surface area contributed by atoms with Gasteiger partial charge in [0.15, 0.2) is 0 Å². The lowest BCUT2D eigenvalue weighted by Crippen LogP contribution is -2.42. The smallest absolute Gasteiger partial charge is 0.315 e. The molecule has 0 aliphatic heterocycles. The average Bonchev–Trinajstić information content (AvgIpc) is 3.19. The molecule has 0 unspecified atom stereocenters. The molecule has 0 spiro atoms. The van der Waals surface area contributed by atoms with Gasteiger partial charge in [0.05, 0.1) is 0 Å². The summed E-state index contributed by atoms with van der Waals surface area (Å²) in [6.07, 6.45) is 2.12. The van der Waals surface area contributed by atoms with Crippen LogP contribution in [0.5, 0.6) is 0 Å². The van der Waals surface area contributed by atoms with E-state index in [-0.39, 0.29) is 11.9 Å². The topological polar surface area (TPSA) is 61.4 Å². The molecule has 1 fully saturated rings. The highest BCUT2D eigenvalue weighted by Crippen LogP contribution is 2.23. The maximum atomic E-state index is 11.8. The Bertz CT molecular complexity index is 544. The van der Waals surface area contributed by atoms with Crippen molar-refractivity contribution in [3.63, 3.8) is 0 Å². The molecule has 1 aromatic rings. The fraction of sp³-hybridized carbons (Fsp3) is 0.467. The molecule has 0 atom stereocenters. The van der Waals surface area contributed by atoms with E-state index in [1.807, 2.05) is 25.1 Å². The number of hydrogen-bond donors (Lipinski definition) is 2. The quantitative estimate of drug-likeness (QED) is 0.854. The molecule has 0 heterocycles. The molecule has 0 saturated heterocycles.